The minimum atomic E-state index is -0.517. The van der Waals surface area contributed by atoms with Gasteiger partial charge in [-0.1, -0.05) is 37.3 Å². The van der Waals surface area contributed by atoms with Crippen molar-refractivity contribution in [2.24, 2.45) is 5.92 Å². The van der Waals surface area contributed by atoms with E-state index in [1.165, 1.54) is 6.20 Å². The third-order valence-corrected chi connectivity index (χ3v) is 6.83. The summed E-state index contributed by atoms with van der Waals surface area (Å²) in [5, 5.41) is 7.77. The van der Waals surface area contributed by atoms with Crippen LogP contribution >= 0.6 is 11.6 Å². The molecule has 32 heavy (non-hydrogen) atoms. The van der Waals surface area contributed by atoms with Crippen LogP contribution in [0, 0.1) is 11.7 Å². The van der Waals surface area contributed by atoms with Crippen molar-refractivity contribution in [2.75, 3.05) is 5.32 Å². The van der Waals surface area contributed by atoms with Gasteiger partial charge in [-0.15, -0.1) is 0 Å². The molecule has 0 saturated heterocycles. The van der Waals surface area contributed by atoms with Crippen molar-refractivity contribution in [2.45, 2.75) is 63.5 Å². The van der Waals surface area contributed by atoms with E-state index in [4.69, 9.17) is 11.6 Å². The van der Waals surface area contributed by atoms with Gasteiger partial charge in [0.2, 0.25) is 5.91 Å². The number of rotatable bonds is 5. The first-order chi connectivity index (χ1) is 15.6. The molecule has 7 nitrogen and oxygen atoms in total. The van der Waals surface area contributed by atoms with Gasteiger partial charge in [0.25, 0.3) is 0 Å². The van der Waals surface area contributed by atoms with E-state index >= 15 is 0 Å². The summed E-state index contributed by atoms with van der Waals surface area (Å²) >= 11 is 6.10. The molecule has 3 aromatic rings. The Bertz CT molecular complexity index is 1130. The lowest BCUT2D eigenvalue weighted by molar-refractivity contribution is -0.125. The lowest BCUT2D eigenvalue weighted by atomic mass is 9.89. The maximum Gasteiger partial charge on any atom is 0.223 e. The summed E-state index contributed by atoms with van der Waals surface area (Å²) in [7, 11) is 0. The molecule has 0 aliphatic heterocycles. The standard InChI is InChI=1S/C23H26ClFN6O/c24-14-9-15-16(11-27-20(15)26-10-14)21-28-12-17(25)22(31-21)29-18-7-3-4-8-19(18)30-23(32)13-5-1-2-6-13/h9-13,18-19H,1-8H2,(H,26,27)(H,30,32)(H,28,29,31). The van der Waals surface area contributed by atoms with Crippen LogP contribution in [0.2, 0.25) is 5.02 Å². The minimum Gasteiger partial charge on any atom is -0.363 e. The summed E-state index contributed by atoms with van der Waals surface area (Å²) in [5.74, 6) is 0.254. The number of fused-ring (bicyclic) bond motifs is 1. The first-order valence-electron chi connectivity index (χ1n) is 11.3. The van der Waals surface area contributed by atoms with Crippen molar-refractivity contribution >= 4 is 34.4 Å². The van der Waals surface area contributed by atoms with Gasteiger partial charge in [0.1, 0.15) is 5.65 Å². The third-order valence-electron chi connectivity index (χ3n) is 6.62. The molecule has 2 aliphatic rings. The normalized spacial score (nSPS) is 21.7. The van der Waals surface area contributed by atoms with Crippen molar-refractivity contribution in [3.05, 3.63) is 35.5 Å². The number of halogens is 2. The van der Waals surface area contributed by atoms with Gasteiger partial charge < -0.3 is 15.6 Å². The molecule has 3 aromatic heterocycles. The lowest BCUT2D eigenvalue weighted by Crippen LogP contribution is -2.50. The van der Waals surface area contributed by atoms with E-state index in [-0.39, 0.29) is 29.7 Å². The predicted molar refractivity (Wildman–Crippen MR) is 122 cm³/mol. The number of nitrogens with one attached hydrogen (secondary N) is 3. The quantitative estimate of drug-likeness (QED) is 0.510. The van der Waals surface area contributed by atoms with Gasteiger partial charge in [0.15, 0.2) is 17.5 Å². The highest BCUT2D eigenvalue weighted by molar-refractivity contribution is 6.31. The number of aromatic nitrogens is 4. The average Bonchev–Trinajstić information content (AvgIpc) is 3.47. The number of carbonyl (C=O) groups excluding carboxylic acids is 1. The fourth-order valence-electron chi connectivity index (χ4n) is 4.90. The van der Waals surface area contributed by atoms with Crippen LogP contribution in [0.3, 0.4) is 0 Å². The fraction of sp³-hybridized carbons (Fsp3) is 0.478. The van der Waals surface area contributed by atoms with Crippen LogP contribution in [0.25, 0.3) is 22.4 Å². The summed E-state index contributed by atoms with van der Waals surface area (Å²) in [5.41, 5.74) is 1.36. The number of aromatic amines is 1. The topological polar surface area (TPSA) is 95.6 Å². The van der Waals surface area contributed by atoms with Crippen molar-refractivity contribution in [3.63, 3.8) is 0 Å². The number of nitrogens with zero attached hydrogens (tertiary/aromatic N) is 3. The summed E-state index contributed by atoms with van der Waals surface area (Å²) in [6.45, 7) is 0. The lowest BCUT2D eigenvalue weighted by Gasteiger charge is -2.34. The van der Waals surface area contributed by atoms with Crippen molar-refractivity contribution in [1.82, 2.24) is 25.3 Å². The second kappa shape index (κ2) is 9.02. The van der Waals surface area contributed by atoms with E-state index in [2.05, 4.69) is 30.6 Å². The van der Waals surface area contributed by atoms with E-state index in [1.54, 1.807) is 18.5 Å². The van der Waals surface area contributed by atoms with E-state index in [1.807, 2.05) is 0 Å². The molecule has 0 radical (unpaired) electrons. The Balaban J connectivity index is 1.38. The molecule has 0 spiro atoms. The van der Waals surface area contributed by atoms with E-state index < -0.39 is 5.82 Å². The maximum absolute atomic E-state index is 14.7. The first kappa shape index (κ1) is 21.1. The van der Waals surface area contributed by atoms with Crippen molar-refractivity contribution in [3.8, 4) is 11.4 Å². The van der Waals surface area contributed by atoms with Crippen molar-refractivity contribution < 1.29 is 9.18 Å². The molecule has 2 aliphatic carbocycles. The molecule has 2 unspecified atom stereocenters. The molecule has 5 rings (SSSR count). The van der Waals surface area contributed by atoms with Gasteiger partial charge in [-0.3, -0.25) is 4.79 Å². The molecule has 0 aromatic carbocycles. The summed E-state index contributed by atoms with van der Waals surface area (Å²) in [6.07, 6.45) is 12.5. The summed E-state index contributed by atoms with van der Waals surface area (Å²) < 4.78 is 14.7. The number of hydrogen-bond donors (Lipinski definition) is 3. The Labute approximate surface area is 190 Å². The number of pyridine rings is 1. The molecule has 168 valence electrons. The predicted octanol–water partition coefficient (Wildman–Crippen LogP) is 4.84. The Morgan fingerprint density at radius 1 is 1.06 bits per heavy atom. The van der Waals surface area contributed by atoms with Crippen molar-refractivity contribution in [1.29, 1.82) is 0 Å². The van der Waals surface area contributed by atoms with Crippen LogP contribution in [0.15, 0.2) is 24.7 Å². The molecule has 2 fully saturated rings. The molecule has 9 heteroatoms. The molecule has 1 amide bonds. The van der Waals surface area contributed by atoms with Gasteiger partial charge in [-0.05, 0) is 31.7 Å². The number of hydrogen-bond acceptors (Lipinski definition) is 5. The van der Waals surface area contributed by atoms with Gasteiger partial charge in [0, 0.05) is 41.3 Å². The third kappa shape index (κ3) is 4.28. The SMILES string of the molecule is O=C(NC1CCCCC1Nc1nc(-c2c[nH]c3ncc(Cl)cc23)ncc1F)C1CCCC1. The zero-order valence-electron chi connectivity index (χ0n) is 17.7. The van der Waals surface area contributed by atoms with Crippen LogP contribution in [0.5, 0.6) is 0 Å². The van der Waals surface area contributed by atoms with Gasteiger partial charge in [-0.2, -0.15) is 0 Å². The largest absolute Gasteiger partial charge is 0.363 e. The number of carbonyl (C=O) groups is 1. The van der Waals surface area contributed by atoms with E-state index in [0.717, 1.165) is 56.8 Å². The smallest absolute Gasteiger partial charge is 0.223 e. The second-order valence-electron chi connectivity index (χ2n) is 8.77. The molecule has 3 N–H and O–H groups in total. The Morgan fingerprint density at radius 3 is 2.62 bits per heavy atom. The molecular formula is C23H26ClFN6O. The molecular weight excluding hydrogens is 431 g/mol. The van der Waals surface area contributed by atoms with E-state index in [9.17, 15) is 9.18 Å². The van der Waals surface area contributed by atoms with Crippen LogP contribution in [-0.4, -0.2) is 37.9 Å². The summed E-state index contributed by atoms with van der Waals surface area (Å²) in [6, 6.07) is 1.67. The van der Waals surface area contributed by atoms with Gasteiger partial charge >= 0.3 is 0 Å². The average molecular weight is 457 g/mol. The fourth-order valence-corrected chi connectivity index (χ4v) is 5.06. The highest BCUT2D eigenvalue weighted by Crippen LogP contribution is 2.30. The highest BCUT2D eigenvalue weighted by atomic mass is 35.5. The van der Waals surface area contributed by atoms with Crippen LogP contribution in [-0.2, 0) is 4.79 Å². The van der Waals surface area contributed by atoms with E-state index in [0.29, 0.717) is 22.1 Å². The number of amides is 1. The minimum absolute atomic E-state index is 0.0363. The van der Waals surface area contributed by atoms with Gasteiger partial charge in [-0.25, -0.2) is 19.3 Å². The number of anilines is 1. The Morgan fingerprint density at radius 2 is 1.81 bits per heavy atom. The van der Waals surface area contributed by atoms with Gasteiger partial charge in [0.05, 0.1) is 11.2 Å². The summed E-state index contributed by atoms with van der Waals surface area (Å²) in [4.78, 5) is 28.7. The van der Waals surface area contributed by atoms with Crippen LogP contribution in [0.1, 0.15) is 51.4 Å². The maximum atomic E-state index is 14.7. The van der Waals surface area contributed by atoms with Crippen LogP contribution in [0.4, 0.5) is 10.2 Å². The molecule has 0 bridgehead atoms. The Kier molecular flexibility index (Phi) is 5.95. The Hall–Kier alpha value is -2.74. The molecule has 2 saturated carbocycles. The zero-order chi connectivity index (χ0) is 22.1. The monoisotopic (exact) mass is 456 g/mol. The number of H-pyrrole nitrogens is 1. The first-order valence-corrected chi connectivity index (χ1v) is 11.7. The second-order valence-corrected chi connectivity index (χ2v) is 9.21. The van der Waals surface area contributed by atoms with Crippen LogP contribution < -0.4 is 10.6 Å². The zero-order valence-corrected chi connectivity index (χ0v) is 18.5. The highest BCUT2D eigenvalue weighted by Gasteiger charge is 2.31. The molecule has 2 atom stereocenters. The molecule has 3 heterocycles.